The molecule has 0 aromatic heterocycles. The third kappa shape index (κ3) is 3.90. The lowest BCUT2D eigenvalue weighted by Gasteiger charge is -2.16. The summed E-state index contributed by atoms with van der Waals surface area (Å²) in [4.78, 5) is 10.8. The SMILES string of the molecule is COC(=O)[C@H]([NH3+])[C@@H](O)C(C)C.[Cl-]. The number of carbonyl (C=O) groups is 1. The molecule has 0 aliphatic rings. The molecule has 0 spiro atoms. The van der Waals surface area contributed by atoms with Crippen LogP contribution >= 0.6 is 0 Å². The first-order valence-electron chi connectivity index (χ1n) is 3.59. The molecule has 0 saturated heterocycles. The Hall–Kier alpha value is -0.320. The monoisotopic (exact) mass is 197 g/mol. The Bertz CT molecular complexity index is 141. The summed E-state index contributed by atoms with van der Waals surface area (Å²) in [6.45, 7) is 3.65. The summed E-state index contributed by atoms with van der Waals surface area (Å²) >= 11 is 0. The zero-order valence-corrected chi connectivity index (χ0v) is 8.34. The van der Waals surface area contributed by atoms with Crippen molar-refractivity contribution in [3.8, 4) is 0 Å². The predicted octanol–water partition coefficient (Wildman–Crippen LogP) is -4.21. The van der Waals surface area contributed by atoms with Gasteiger partial charge < -0.3 is 28.0 Å². The molecule has 2 atom stereocenters. The molecule has 0 unspecified atom stereocenters. The molecule has 0 aliphatic heterocycles. The molecule has 0 aliphatic carbocycles. The highest BCUT2D eigenvalue weighted by Crippen LogP contribution is 2.03. The van der Waals surface area contributed by atoms with Crippen LogP contribution in [0.2, 0.25) is 0 Å². The molecule has 0 rings (SSSR count). The average Bonchev–Trinajstić information content (AvgIpc) is 2.00. The Morgan fingerprint density at radius 2 is 1.92 bits per heavy atom. The van der Waals surface area contributed by atoms with Crippen LogP contribution in [0.15, 0.2) is 0 Å². The Kier molecular flexibility index (Phi) is 7.37. The molecule has 0 aromatic carbocycles. The van der Waals surface area contributed by atoms with E-state index in [0.717, 1.165) is 0 Å². The molecular formula is C7H16ClNO3. The van der Waals surface area contributed by atoms with Gasteiger partial charge in [0.2, 0.25) is 6.04 Å². The molecule has 0 radical (unpaired) electrons. The van der Waals surface area contributed by atoms with E-state index in [0.29, 0.717) is 0 Å². The minimum atomic E-state index is -0.720. The van der Waals surface area contributed by atoms with Crippen LogP contribution in [-0.2, 0) is 9.53 Å². The van der Waals surface area contributed by atoms with Crippen molar-refractivity contribution < 1.29 is 32.8 Å². The molecule has 12 heavy (non-hydrogen) atoms. The van der Waals surface area contributed by atoms with E-state index in [1.807, 2.05) is 13.8 Å². The third-order valence-electron chi connectivity index (χ3n) is 1.60. The number of halogens is 1. The Morgan fingerprint density at radius 1 is 1.50 bits per heavy atom. The van der Waals surface area contributed by atoms with Gasteiger partial charge in [0.25, 0.3) is 0 Å². The number of methoxy groups -OCH3 is 1. The van der Waals surface area contributed by atoms with Crippen molar-refractivity contribution in [2.24, 2.45) is 5.92 Å². The lowest BCUT2D eigenvalue weighted by Crippen LogP contribution is -3.00. The second-order valence-electron chi connectivity index (χ2n) is 2.86. The predicted molar refractivity (Wildman–Crippen MR) is 39.5 cm³/mol. The molecule has 4 N–H and O–H groups in total. The molecule has 4 nitrogen and oxygen atoms in total. The molecule has 74 valence electrons. The van der Waals surface area contributed by atoms with Crippen LogP contribution in [0, 0.1) is 5.92 Å². The van der Waals surface area contributed by atoms with Crippen LogP contribution in [-0.4, -0.2) is 30.3 Å². The molecule has 0 aromatic rings. The summed E-state index contributed by atoms with van der Waals surface area (Å²) in [5.74, 6) is -0.442. The molecule has 5 heteroatoms. The lowest BCUT2D eigenvalue weighted by atomic mass is 10.0. The first kappa shape index (κ1) is 14.2. The zero-order valence-electron chi connectivity index (χ0n) is 7.58. The number of carbonyl (C=O) groups excluding carboxylic acids is 1. The number of ether oxygens (including phenoxy) is 1. The molecule has 0 bridgehead atoms. The first-order chi connectivity index (χ1) is 5.00. The van der Waals surface area contributed by atoms with Gasteiger partial charge in [-0.15, -0.1) is 0 Å². The maximum absolute atomic E-state index is 10.8. The molecule has 0 amide bonds. The van der Waals surface area contributed by atoms with Crippen LogP contribution < -0.4 is 18.1 Å². The Balaban J connectivity index is 0. The second kappa shape index (κ2) is 6.22. The number of hydrogen-bond donors (Lipinski definition) is 2. The highest BCUT2D eigenvalue weighted by Gasteiger charge is 2.29. The number of quaternary nitrogens is 1. The van der Waals surface area contributed by atoms with E-state index >= 15 is 0 Å². The van der Waals surface area contributed by atoms with Gasteiger partial charge in [-0.25, -0.2) is 4.79 Å². The Labute approximate surface area is 78.5 Å². The highest BCUT2D eigenvalue weighted by molar-refractivity contribution is 5.74. The normalized spacial score (nSPS) is 14.8. The summed E-state index contributed by atoms with van der Waals surface area (Å²) in [6.07, 6.45) is -0.720. The van der Waals surface area contributed by atoms with E-state index in [1.54, 1.807) is 0 Å². The summed E-state index contributed by atoms with van der Waals surface area (Å²) < 4.78 is 4.42. The maximum Gasteiger partial charge on any atom is 0.367 e. The zero-order chi connectivity index (χ0) is 9.02. The van der Waals surface area contributed by atoms with Gasteiger partial charge >= 0.3 is 5.97 Å². The summed E-state index contributed by atoms with van der Waals surface area (Å²) in [7, 11) is 1.29. The van der Waals surface area contributed by atoms with Crippen molar-refractivity contribution in [2.45, 2.75) is 26.0 Å². The summed E-state index contributed by atoms with van der Waals surface area (Å²) in [5, 5.41) is 9.33. The summed E-state index contributed by atoms with van der Waals surface area (Å²) in [5.41, 5.74) is 3.51. The van der Waals surface area contributed by atoms with E-state index in [4.69, 9.17) is 0 Å². The molecule has 0 saturated carbocycles. The van der Waals surface area contributed by atoms with Gasteiger partial charge in [-0.2, -0.15) is 0 Å². The van der Waals surface area contributed by atoms with Crippen molar-refractivity contribution in [1.29, 1.82) is 0 Å². The number of aliphatic hydroxyl groups is 1. The minimum absolute atomic E-state index is 0. The van der Waals surface area contributed by atoms with Gasteiger partial charge in [0.05, 0.1) is 7.11 Å². The van der Waals surface area contributed by atoms with Gasteiger partial charge in [-0.3, -0.25) is 0 Å². The summed E-state index contributed by atoms with van der Waals surface area (Å²) in [6, 6.07) is -0.681. The smallest absolute Gasteiger partial charge is 0.367 e. The molecule has 0 fully saturated rings. The standard InChI is InChI=1S/C7H15NO3.ClH/c1-4(2)6(9)5(8)7(10)11-3;/h4-6,9H,8H2,1-3H3;1H/t5-,6+;/m1./s1. The van der Waals surface area contributed by atoms with Crippen LogP contribution in [0.3, 0.4) is 0 Å². The van der Waals surface area contributed by atoms with Crippen molar-refractivity contribution >= 4 is 5.97 Å². The van der Waals surface area contributed by atoms with Crippen molar-refractivity contribution in [3.05, 3.63) is 0 Å². The lowest BCUT2D eigenvalue weighted by molar-refractivity contribution is -0.427. The van der Waals surface area contributed by atoms with E-state index in [2.05, 4.69) is 10.5 Å². The van der Waals surface area contributed by atoms with E-state index < -0.39 is 18.1 Å². The first-order valence-corrected chi connectivity index (χ1v) is 3.59. The van der Waals surface area contributed by atoms with Crippen LogP contribution in [0.25, 0.3) is 0 Å². The largest absolute Gasteiger partial charge is 1.00 e. The minimum Gasteiger partial charge on any atom is -1.00 e. The quantitative estimate of drug-likeness (QED) is 0.451. The van der Waals surface area contributed by atoms with Crippen molar-refractivity contribution in [3.63, 3.8) is 0 Å². The van der Waals surface area contributed by atoms with Crippen LogP contribution in [0.5, 0.6) is 0 Å². The Morgan fingerprint density at radius 3 is 2.17 bits per heavy atom. The number of aliphatic hydroxyl groups excluding tert-OH is 1. The van der Waals surface area contributed by atoms with Gasteiger partial charge in [0, 0.05) is 0 Å². The maximum atomic E-state index is 10.8. The van der Waals surface area contributed by atoms with E-state index in [1.165, 1.54) is 7.11 Å². The fraction of sp³-hybridized carbons (Fsp3) is 0.857. The van der Waals surface area contributed by atoms with E-state index in [9.17, 15) is 9.90 Å². The van der Waals surface area contributed by atoms with E-state index in [-0.39, 0.29) is 18.3 Å². The number of esters is 1. The van der Waals surface area contributed by atoms with Gasteiger partial charge in [0.15, 0.2) is 0 Å². The average molecular weight is 198 g/mol. The fourth-order valence-electron chi connectivity index (χ4n) is 0.755. The van der Waals surface area contributed by atoms with Gasteiger partial charge in [0.1, 0.15) is 6.10 Å². The van der Waals surface area contributed by atoms with Gasteiger partial charge in [-0.05, 0) is 5.92 Å². The van der Waals surface area contributed by atoms with Gasteiger partial charge in [-0.1, -0.05) is 13.8 Å². The molecular weight excluding hydrogens is 182 g/mol. The molecule has 0 heterocycles. The topological polar surface area (TPSA) is 74.2 Å². The van der Waals surface area contributed by atoms with Crippen LogP contribution in [0.4, 0.5) is 0 Å². The second-order valence-corrected chi connectivity index (χ2v) is 2.86. The fourth-order valence-corrected chi connectivity index (χ4v) is 0.755. The van der Waals surface area contributed by atoms with Crippen LogP contribution in [0.1, 0.15) is 13.8 Å². The highest BCUT2D eigenvalue weighted by atomic mass is 35.5. The number of hydrogen-bond acceptors (Lipinski definition) is 3. The van der Waals surface area contributed by atoms with Crippen molar-refractivity contribution in [2.75, 3.05) is 7.11 Å². The third-order valence-corrected chi connectivity index (χ3v) is 1.60. The number of rotatable bonds is 3. The van der Waals surface area contributed by atoms with Crippen molar-refractivity contribution in [1.82, 2.24) is 0 Å².